The van der Waals surface area contributed by atoms with Crippen LogP contribution in [0.1, 0.15) is 52.8 Å². The summed E-state index contributed by atoms with van der Waals surface area (Å²) in [4.78, 5) is 34.6. The van der Waals surface area contributed by atoms with Gasteiger partial charge in [-0.15, -0.1) is 0 Å². The zero-order valence-corrected chi connectivity index (χ0v) is 20.7. The highest BCUT2D eigenvalue weighted by molar-refractivity contribution is 5.97. The van der Waals surface area contributed by atoms with Crippen LogP contribution in [0.5, 0.6) is 11.6 Å². The lowest BCUT2D eigenvalue weighted by molar-refractivity contribution is 0.0136. The van der Waals surface area contributed by atoms with Crippen LogP contribution in [-0.2, 0) is 4.74 Å². The molecule has 0 spiro atoms. The number of benzene rings is 1. The zero-order valence-electron chi connectivity index (χ0n) is 20.7. The number of amides is 2. The van der Waals surface area contributed by atoms with Crippen LogP contribution < -0.4 is 9.47 Å². The predicted molar refractivity (Wildman–Crippen MR) is 132 cm³/mol. The van der Waals surface area contributed by atoms with Crippen molar-refractivity contribution in [1.29, 1.82) is 0 Å². The van der Waals surface area contributed by atoms with Gasteiger partial charge in [0.2, 0.25) is 5.88 Å². The van der Waals surface area contributed by atoms with Gasteiger partial charge in [0.15, 0.2) is 0 Å². The smallest absolute Gasteiger partial charge is 0.257 e. The first-order chi connectivity index (χ1) is 17.0. The van der Waals surface area contributed by atoms with Crippen molar-refractivity contribution in [2.75, 3.05) is 53.6 Å². The van der Waals surface area contributed by atoms with Gasteiger partial charge in [-0.1, -0.05) is 18.6 Å². The minimum Gasteiger partial charge on any atom is -0.491 e. The Balaban J connectivity index is 1.56. The van der Waals surface area contributed by atoms with Crippen LogP contribution in [0.15, 0.2) is 42.6 Å². The van der Waals surface area contributed by atoms with Crippen LogP contribution in [-0.4, -0.2) is 80.2 Å². The second-order valence-electron chi connectivity index (χ2n) is 9.41. The van der Waals surface area contributed by atoms with Crippen LogP contribution >= 0.6 is 0 Å². The molecule has 2 amide bonds. The third-order valence-electron chi connectivity index (χ3n) is 7.16. The molecule has 2 bridgehead atoms. The van der Waals surface area contributed by atoms with Crippen molar-refractivity contribution >= 4 is 11.8 Å². The molecular formula is C27H35N3O5. The van der Waals surface area contributed by atoms with Gasteiger partial charge in [0.05, 0.1) is 31.4 Å². The van der Waals surface area contributed by atoms with Crippen molar-refractivity contribution in [3.63, 3.8) is 0 Å². The van der Waals surface area contributed by atoms with Crippen molar-refractivity contribution < 1.29 is 23.8 Å². The van der Waals surface area contributed by atoms with Crippen LogP contribution in [0.4, 0.5) is 0 Å². The Labute approximate surface area is 207 Å². The standard InChI is InChI=1S/C27H35N3O5/c1-33-20-27-11-5-6-14-29(25(31)21-9-10-24(34-2)28-19-21)17-18-35-23-8-4-3-7-22(23)26(32)30(15-12-27)16-13-27/h3-4,7-10,19H,5-6,11-18,20H2,1-2H3. The average Bonchev–Trinajstić information content (AvgIpc) is 2.90. The summed E-state index contributed by atoms with van der Waals surface area (Å²) in [6, 6.07) is 10.8. The van der Waals surface area contributed by atoms with Gasteiger partial charge in [0, 0.05) is 39.0 Å². The molecule has 5 rings (SSSR count). The van der Waals surface area contributed by atoms with E-state index in [0.717, 1.165) is 32.1 Å². The SMILES string of the molecule is COCC12CCCCN(C(=O)c3ccc(OC)nc3)CCOc3ccccc3C(=O)N(CC1)CC2. The minimum atomic E-state index is -0.0870. The maximum atomic E-state index is 13.3. The molecule has 0 N–H and O–H groups in total. The van der Waals surface area contributed by atoms with E-state index in [9.17, 15) is 9.59 Å². The number of ether oxygens (including phenoxy) is 3. The lowest BCUT2D eigenvalue weighted by Crippen LogP contribution is -2.45. The highest BCUT2D eigenvalue weighted by Crippen LogP contribution is 2.38. The van der Waals surface area contributed by atoms with E-state index in [-0.39, 0.29) is 17.2 Å². The zero-order chi connectivity index (χ0) is 24.7. The number of rotatable bonds is 4. The molecule has 0 radical (unpaired) electrons. The van der Waals surface area contributed by atoms with Crippen LogP contribution in [0.25, 0.3) is 0 Å². The molecule has 188 valence electrons. The number of aromatic nitrogens is 1. The number of pyridine rings is 1. The van der Waals surface area contributed by atoms with Gasteiger partial charge in [-0.3, -0.25) is 9.59 Å². The van der Waals surface area contributed by atoms with Gasteiger partial charge in [-0.25, -0.2) is 4.98 Å². The van der Waals surface area contributed by atoms with E-state index in [1.165, 1.54) is 0 Å². The van der Waals surface area contributed by atoms with Gasteiger partial charge in [0.1, 0.15) is 12.4 Å². The Kier molecular flexibility index (Phi) is 8.23. The molecule has 35 heavy (non-hydrogen) atoms. The molecule has 0 saturated carbocycles. The number of para-hydroxylation sites is 1. The lowest BCUT2D eigenvalue weighted by Gasteiger charge is -2.41. The fourth-order valence-electron chi connectivity index (χ4n) is 5.09. The van der Waals surface area contributed by atoms with Crippen molar-refractivity contribution in [3.05, 3.63) is 53.7 Å². The Morgan fingerprint density at radius 3 is 2.54 bits per heavy atom. The second kappa shape index (κ2) is 11.5. The number of hydrogen-bond acceptors (Lipinski definition) is 6. The molecule has 0 atom stereocenters. The summed E-state index contributed by atoms with van der Waals surface area (Å²) in [5.41, 5.74) is 1.15. The fraction of sp³-hybridized carbons (Fsp3) is 0.519. The van der Waals surface area contributed by atoms with Gasteiger partial charge < -0.3 is 24.0 Å². The number of nitrogens with zero attached hydrogens (tertiary/aromatic N) is 3. The monoisotopic (exact) mass is 481 g/mol. The fourth-order valence-corrected chi connectivity index (χ4v) is 5.09. The number of hydrogen-bond donors (Lipinski definition) is 0. The number of methoxy groups -OCH3 is 2. The summed E-state index contributed by atoms with van der Waals surface area (Å²) in [5.74, 6) is 0.937. The summed E-state index contributed by atoms with van der Waals surface area (Å²) >= 11 is 0. The Hall–Kier alpha value is -3.13. The van der Waals surface area contributed by atoms with Crippen LogP contribution in [0.3, 0.4) is 0 Å². The number of carbonyl (C=O) groups is 2. The predicted octanol–water partition coefficient (Wildman–Crippen LogP) is 3.66. The Morgan fingerprint density at radius 2 is 1.83 bits per heavy atom. The van der Waals surface area contributed by atoms with Gasteiger partial charge in [0.25, 0.3) is 11.8 Å². The van der Waals surface area contributed by atoms with E-state index < -0.39 is 0 Å². The summed E-state index contributed by atoms with van der Waals surface area (Å²) in [6.45, 7) is 3.46. The summed E-state index contributed by atoms with van der Waals surface area (Å²) < 4.78 is 16.8. The molecule has 1 fully saturated rings. The lowest BCUT2D eigenvalue weighted by atomic mass is 9.75. The molecule has 3 aliphatic heterocycles. The van der Waals surface area contributed by atoms with E-state index >= 15 is 0 Å². The van der Waals surface area contributed by atoms with Crippen molar-refractivity contribution in [2.45, 2.75) is 32.1 Å². The normalized spacial score (nSPS) is 18.7. The molecule has 4 heterocycles. The molecule has 0 aliphatic carbocycles. The number of carbonyl (C=O) groups excluding carboxylic acids is 2. The molecule has 0 unspecified atom stereocenters. The van der Waals surface area contributed by atoms with E-state index in [1.807, 2.05) is 34.1 Å². The van der Waals surface area contributed by atoms with Gasteiger partial charge in [-0.2, -0.15) is 0 Å². The number of fused-ring (bicyclic) bond motifs is 9. The van der Waals surface area contributed by atoms with E-state index in [1.54, 1.807) is 32.5 Å². The second-order valence-corrected chi connectivity index (χ2v) is 9.41. The summed E-state index contributed by atoms with van der Waals surface area (Å²) in [6.07, 6.45) is 6.27. The Bertz CT molecular complexity index is 1000. The summed E-state index contributed by atoms with van der Waals surface area (Å²) in [7, 11) is 3.30. The van der Waals surface area contributed by atoms with E-state index in [2.05, 4.69) is 4.98 Å². The highest BCUT2D eigenvalue weighted by atomic mass is 16.5. The van der Waals surface area contributed by atoms with E-state index in [0.29, 0.717) is 62.1 Å². The third kappa shape index (κ3) is 5.93. The molecule has 1 aromatic heterocycles. The largest absolute Gasteiger partial charge is 0.491 e. The molecule has 2 aromatic rings. The Morgan fingerprint density at radius 1 is 1.03 bits per heavy atom. The molecular weight excluding hydrogens is 446 g/mol. The number of piperidine rings is 1. The molecule has 3 aliphatic rings. The molecule has 1 saturated heterocycles. The maximum absolute atomic E-state index is 13.3. The molecule has 8 nitrogen and oxygen atoms in total. The maximum Gasteiger partial charge on any atom is 0.257 e. The van der Waals surface area contributed by atoms with Crippen LogP contribution in [0, 0.1) is 5.41 Å². The molecule has 1 aromatic carbocycles. The van der Waals surface area contributed by atoms with Crippen molar-refractivity contribution in [2.24, 2.45) is 5.41 Å². The quantitative estimate of drug-likeness (QED) is 0.663. The van der Waals surface area contributed by atoms with Crippen LogP contribution in [0.2, 0.25) is 0 Å². The van der Waals surface area contributed by atoms with E-state index in [4.69, 9.17) is 14.2 Å². The third-order valence-corrected chi connectivity index (χ3v) is 7.16. The van der Waals surface area contributed by atoms with Gasteiger partial charge in [-0.05, 0) is 49.3 Å². The summed E-state index contributed by atoms with van der Waals surface area (Å²) in [5, 5.41) is 0. The first kappa shape index (κ1) is 25.0. The first-order valence-corrected chi connectivity index (χ1v) is 12.3. The topological polar surface area (TPSA) is 81.2 Å². The average molecular weight is 482 g/mol. The van der Waals surface area contributed by atoms with Crippen molar-refractivity contribution in [3.8, 4) is 11.6 Å². The highest BCUT2D eigenvalue weighted by Gasteiger charge is 2.36. The van der Waals surface area contributed by atoms with Crippen molar-refractivity contribution in [1.82, 2.24) is 14.8 Å². The van der Waals surface area contributed by atoms with Gasteiger partial charge >= 0.3 is 0 Å². The first-order valence-electron chi connectivity index (χ1n) is 12.3. The molecule has 8 heteroatoms. The minimum absolute atomic E-state index is 0.00118.